The molecular weight excluding hydrogens is 266 g/mol. The van der Waals surface area contributed by atoms with Gasteiger partial charge in [-0.1, -0.05) is 6.92 Å². The quantitative estimate of drug-likeness (QED) is 0.779. The number of carbonyl (C=O) groups is 1. The monoisotopic (exact) mass is 291 g/mol. The van der Waals surface area contributed by atoms with Gasteiger partial charge in [-0.05, 0) is 25.3 Å². The van der Waals surface area contributed by atoms with Crippen molar-refractivity contribution < 1.29 is 9.53 Å². The molecule has 19 heavy (non-hydrogen) atoms. The molecule has 5 nitrogen and oxygen atoms in total. The van der Waals surface area contributed by atoms with E-state index in [2.05, 4.69) is 22.5 Å². The van der Waals surface area contributed by atoms with E-state index in [1.165, 1.54) is 6.42 Å². The molecule has 2 aliphatic heterocycles. The van der Waals surface area contributed by atoms with Gasteiger partial charge in [0.1, 0.15) is 0 Å². The van der Waals surface area contributed by atoms with Crippen LogP contribution < -0.4 is 10.6 Å². The molecule has 2 aliphatic rings. The number of hydrogen-bond acceptors (Lipinski definition) is 4. The first-order valence-corrected chi connectivity index (χ1v) is 7.07. The van der Waals surface area contributed by atoms with E-state index in [0.717, 1.165) is 52.4 Å². The van der Waals surface area contributed by atoms with Crippen LogP contribution in [0.2, 0.25) is 0 Å². The van der Waals surface area contributed by atoms with Gasteiger partial charge in [-0.25, -0.2) is 0 Å². The molecule has 2 fully saturated rings. The van der Waals surface area contributed by atoms with E-state index in [-0.39, 0.29) is 24.4 Å². The van der Waals surface area contributed by atoms with Gasteiger partial charge in [-0.2, -0.15) is 0 Å². The van der Waals surface area contributed by atoms with Crippen LogP contribution in [0.15, 0.2) is 0 Å². The van der Waals surface area contributed by atoms with E-state index in [1.807, 2.05) is 0 Å². The molecule has 2 rings (SSSR count). The minimum absolute atomic E-state index is 0. The highest BCUT2D eigenvalue weighted by Gasteiger charge is 2.24. The van der Waals surface area contributed by atoms with Crippen molar-refractivity contribution in [3.05, 3.63) is 0 Å². The highest BCUT2D eigenvalue weighted by Crippen LogP contribution is 2.14. The Labute approximate surface area is 121 Å². The third-order valence-corrected chi connectivity index (χ3v) is 3.81. The average Bonchev–Trinajstić information content (AvgIpc) is 2.40. The summed E-state index contributed by atoms with van der Waals surface area (Å²) < 4.78 is 5.30. The SMILES string of the molecule is CC1CCNC(C(=O)NCCN2CCOCC2)C1.Cl. The summed E-state index contributed by atoms with van der Waals surface area (Å²) in [4.78, 5) is 14.3. The maximum absolute atomic E-state index is 12.0. The summed E-state index contributed by atoms with van der Waals surface area (Å²) in [6, 6.07) is 0.0124. The predicted molar refractivity (Wildman–Crippen MR) is 77.7 cm³/mol. The van der Waals surface area contributed by atoms with Crippen LogP contribution in [0, 0.1) is 5.92 Å². The van der Waals surface area contributed by atoms with Crippen molar-refractivity contribution in [2.24, 2.45) is 5.92 Å². The largest absolute Gasteiger partial charge is 0.379 e. The number of halogens is 1. The first kappa shape index (κ1) is 16.7. The van der Waals surface area contributed by atoms with Crippen LogP contribution in [0.5, 0.6) is 0 Å². The average molecular weight is 292 g/mol. The number of nitrogens with one attached hydrogen (secondary N) is 2. The summed E-state index contributed by atoms with van der Waals surface area (Å²) in [6.07, 6.45) is 2.14. The Morgan fingerprint density at radius 1 is 1.42 bits per heavy atom. The molecule has 0 aromatic rings. The third kappa shape index (κ3) is 5.65. The minimum atomic E-state index is 0. The second kappa shape index (κ2) is 8.74. The number of piperidine rings is 1. The Bertz CT molecular complexity index is 273. The molecule has 6 heteroatoms. The van der Waals surface area contributed by atoms with Gasteiger partial charge in [-0.15, -0.1) is 12.4 Å². The van der Waals surface area contributed by atoms with Crippen molar-refractivity contribution in [3.63, 3.8) is 0 Å². The highest BCUT2D eigenvalue weighted by molar-refractivity contribution is 5.85. The molecule has 0 spiro atoms. The molecule has 1 amide bonds. The standard InChI is InChI=1S/C13H25N3O2.ClH/c1-11-2-3-14-12(10-11)13(17)15-4-5-16-6-8-18-9-7-16;/h11-12,14H,2-10H2,1H3,(H,15,17);1H. The number of morpholine rings is 1. The Morgan fingerprint density at radius 2 is 2.16 bits per heavy atom. The Kier molecular flexibility index (Phi) is 7.68. The third-order valence-electron chi connectivity index (χ3n) is 3.81. The summed E-state index contributed by atoms with van der Waals surface area (Å²) in [5.74, 6) is 0.816. The van der Waals surface area contributed by atoms with E-state index >= 15 is 0 Å². The molecule has 2 heterocycles. The second-order valence-electron chi connectivity index (χ2n) is 5.38. The summed E-state index contributed by atoms with van der Waals surface area (Å²) >= 11 is 0. The summed E-state index contributed by atoms with van der Waals surface area (Å²) in [5.41, 5.74) is 0. The Hall–Kier alpha value is -0.360. The molecule has 0 radical (unpaired) electrons. The van der Waals surface area contributed by atoms with E-state index < -0.39 is 0 Å². The topological polar surface area (TPSA) is 53.6 Å². The molecule has 2 saturated heterocycles. The van der Waals surface area contributed by atoms with Crippen molar-refractivity contribution in [2.45, 2.75) is 25.8 Å². The highest BCUT2D eigenvalue weighted by atomic mass is 35.5. The van der Waals surface area contributed by atoms with Gasteiger partial charge >= 0.3 is 0 Å². The van der Waals surface area contributed by atoms with Crippen molar-refractivity contribution in [1.29, 1.82) is 0 Å². The fraction of sp³-hybridized carbons (Fsp3) is 0.923. The number of rotatable bonds is 4. The maximum Gasteiger partial charge on any atom is 0.237 e. The number of amides is 1. The van der Waals surface area contributed by atoms with Crippen LogP contribution in [0.4, 0.5) is 0 Å². The number of nitrogens with zero attached hydrogens (tertiary/aromatic N) is 1. The molecule has 112 valence electrons. The van der Waals surface area contributed by atoms with Gasteiger partial charge in [-0.3, -0.25) is 9.69 Å². The van der Waals surface area contributed by atoms with Crippen LogP contribution in [0.3, 0.4) is 0 Å². The Balaban J connectivity index is 0.00000180. The van der Waals surface area contributed by atoms with Gasteiger partial charge in [0.15, 0.2) is 0 Å². The smallest absolute Gasteiger partial charge is 0.237 e. The fourth-order valence-corrected chi connectivity index (χ4v) is 2.59. The van der Waals surface area contributed by atoms with E-state index in [0.29, 0.717) is 5.92 Å². The van der Waals surface area contributed by atoms with Gasteiger partial charge in [0.25, 0.3) is 0 Å². The van der Waals surface area contributed by atoms with Gasteiger partial charge in [0.05, 0.1) is 19.3 Å². The van der Waals surface area contributed by atoms with Crippen LogP contribution in [0.1, 0.15) is 19.8 Å². The molecule has 0 saturated carbocycles. The zero-order valence-corrected chi connectivity index (χ0v) is 12.5. The fourth-order valence-electron chi connectivity index (χ4n) is 2.59. The first-order valence-electron chi connectivity index (χ1n) is 7.07. The normalized spacial score (nSPS) is 28.5. The lowest BCUT2D eigenvalue weighted by Crippen LogP contribution is -2.50. The zero-order chi connectivity index (χ0) is 12.8. The number of hydrogen-bond donors (Lipinski definition) is 2. The first-order chi connectivity index (χ1) is 8.75. The molecular formula is C13H26ClN3O2. The maximum atomic E-state index is 12.0. The van der Waals surface area contributed by atoms with Crippen molar-refractivity contribution in [2.75, 3.05) is 45.9 Å². The van der Waals surface area contributed by atoms with Crippen molar-refractivity contribution in [1.82, 2.24) is 15.5 Å². The second-order valence-corrected chi connectivity index (χ2v) is 5.38. The molecule has 2 unspecified atom stereocenters. The lowest BCUT2D eigenvalue weighted by Gasteiger charge is -2.29. The Morgan fingerprint density at radius 3 is 2.84 bits per heavy atom. The van der Waals surface area contributed by atoms with Gasteiger partial charge in [0.2, 0.25) is 5.91 Å². The van der Waals surface area contributed by atoms with Crippen LogP contribution in [-0.4, -0.2) is 62.8 Å². The summed E-state index contributed by atoms with van der Waals surface area (Å²) in [6.45, 7) is 8.44. The number of carbonyl (C=O) groups excluding carboxylic acids is 1. The van der Waals surface area contributed by atoms with Crippen LogP contribution >= 0.6 is 12.4 Å². The van der Waals surface area contributed by atoms with Crippen molar-refractivity contribution in [3.8, 4) is 0 Å². The molecule has 0 aliphatic carbocycles. The summed E-state index contributed by atoms with van der Waals surface area (Å²) in [5, 5.41) is 6.33. The van der Waals surface area contributed by atoms with E-state index in [4.69, 9.17) is 4.74 Å². The molecule has 0 aromatic heterocycles. The van der Waals surface area contributed by atoms with Gasteiger partial charge < -0.3 is 15.4 Å². The molecule has 2 N–H and O–H groups in total. The molecule has 2 atom stereocenters. The van der Waals surface area contributed by atoms with E-state index in [1.54, 1.807) is 0 Å². The van der Waals surface area contributed by atoms with E-state index in [9.17, 15) is 4.79 Å². The van der Waals surface area contributed by atoms with Crippen LogP contribution in [-0.2, 0) is 9.53 Å². The van der Waals surface area contributed by atoms with Crippen molar-refractivity contribution >= 4 is 18.3 Å². The van der Waals surface area contributed by atoms with Gasteiger partial charge in [0, 0.05) is 26.2 Å². The lowest BCUT2D eigenvalue weighted by molar-refractivity contribution is -0.124. The predicted octanol–water partition coefficient (Wildman–Crippen LogP) is 0.245. The van der Waals surface area contributed by atoms with Crippen LogP contribution in [0.25, 0.3) is 0 Å². The zero-order valence-electron chi connectivity index (χ0n) is 11.7. The number of ether oxygens (including phenoxy) is 1. The molecule has 0 bridgehead atoms. The minimum Gasteiger partial charge on any atom is -0.379 e. The summed E-state index contributed by atoms with van der Waals surface area (Å²) in [7, 11) is 0. The lowest BCUT2D eigenvalue weighted by atomic mass is 9.94. The molecule has 0 aromatic carbocycles.